The molecule has 0 aromatic rings. The highest BCUT2D eigenvalue weighted by Crippen LogP contribution is 2.19. The smallest absolute Gasteiger partial charge is 0.141 e. The third-order valence-electron chi connectivity index (χ3n) is 1.32. The van der Waals surface area contributed by atoms with Gasteiger partial charge in [0.2, 0.25) is 0 Å². The molecule has 2 heteroatoms. The zero-order valence-corrected chi connectivity index (χ0v) is 6.40. The highest BCUT2D eigenvalue weighted by atomic mass is 35.5. The van der Waals surface area contributed by atoms with E-state index in [0.29, 0.717) is 0 Å². The van der Waals surface area contributed by atoms with Gasteiger partial charge >= 0.3 is 0 Å². The van der Waals surface area contributed by atoms with Crippen LogP contribution in [0, 0.1) is 5.92 Å². The first-order valence-electron chi connectivity index (χ1n) is 3.12. The molecule has 1 rings (SSSR count). The van der Waals surface area contributed by atoms with E-state index in [1.807, 2.05) is 13.0 Å². The van der Waals surface area contributed by atoms with E-state index in [-0.39, 0.29) is 16.8 Å². The van der Waals surface area contributed by atoms with Gasteiger partial charge < -0.3 is 0 Å². The summed E-state index contributed by atoms with van der Waals surface area (Å²) in [6.07, 6.45) is 6.60. The number of hydrogen-bond donors (Lipinski definition) is 0. The van der Waals surface area contributed by atoms with Crippen molar-refractivity contribution in [1.29, 1.82) is 0 Å². The maximum Gasteiger partial charge on any atom is 0.141 e. The van der Waals surface area contributed by atoms with E-state index < -0.39 is 0 Å². The lowest BCUT2D eigenvalue weighted by atomic mass is 10.2. The predicted molar refractivity (Wildman–Crippen MR) is 41.4 cm³/mol. The van der Waals surface area contributed by atoms with Crippen LogP contribution < -0.4 is 0 Å². The molecule has 0 saturated carbocycles. The van der Waals surface area contributed by atoms with E-state index in [9.17, 15) is 4.39 Å². The Morgan fingerprint density at radius 2 is 2.00 bits per heavy atom. The zero-order chi connectivity index (χ0) is 7.56. The highest BCUT2D eigenvalue weighted by molar-refractivity contribution is 6.31. The molecule has 0 spiro atoms. The lowest BCUT2D eigenvalue weighted by Crippen LogP contribution is -1.78. The van der Waals surface area contributed by atoms with Crippen LogP contribution in [0.1, 0.15) is 6.92 Å². The molecule has 0 N–H and O–H groups in total. The van der Waals surface area contributed by atoms with Crippen LogP contribution in [0.2, 0.25) is 0 Å². The number of hydrogen-bond acceptors (Lipinski definition) is 0. The summed E-state index contributed by atoms with van der Waals surface area (Å²) in [7, 11) is 0. The van der Waals surface area contributed by atoms with Crippen LogP contribution in [0.15, 0.2) is 35.2 Å². The van der Waals surface area contributed by atoms with Crippen molar-refractivity contribution in [2.24, 2.45) is 5.92 Å². The Balaban J connectivity index is 2.91. The molecule has 10 heavy (non-hydrogen) atoms. The number of rotatable bonds is 0. The molecule has 54 valence electrons. The second-order valence-corrected chi connectivity index (χ2v) is 2.68. The average Bonchev–Trinajstić information content (AvgIpc) is 2.04. The molecule has 0 aliphatic heterocycles. The van der Waals surface area contributed by atoms with Gasteiger partial charge in [0.05, 0.1) is 5.03 Å². The van der Waals surface area contributed by atoms with Crippen molar-refractivity contribution < 1.29 is 4.39 Å². The lowest BCUT2D eigenvalue weighted by Gasteiger charge is -1.90. The minimum Gasteiger partial charge on any atom is -0.205 e. The monoisotopic (exact) mass is 158 g/mol. The Labute approximate surface area is 64.7 Å². The Kier molecular flexibility index (Phi) is 2.28. The summed E-state index contributed by atoms with van der Waals surface area (Å²) in [4.78, 5) is 0. The lowest BCUT2D eigenvalue weighted by molar-refractivity contribution is 0.664. The normalized spacial score (nSPS) is 25.3. The summed E-state index contributed by atoms with van der Waals surface area (Å²) >= 11 is 5.50. The van der Waals surface area contributed by atoms with Gasteiger partial charge in [-0.25, -0.2) is 4.39 Å². The van der Waals surface area contributed by atoms with E-state index in [1.54, 1.807) is 12.2 Å². The highest BCUT2D eigenvalue weighted by Gasteiger charge is 2.01. The maximum absolute atomic E-state index is 12.6. The van der Waals surface area contributed by atoms with Crippen molar-refractivity contribution >= 4 is 11.6 Å². The van der Waals surface area contributed by atoms with Gasteiger partial charge in [0, 0.05) is 0 Å². The van der Waals surface area contributed by atoms with Crippen molar-refractivity contribution in [2.75, 3.05) is 0 Å². The van der Waals surface area contributed by atoms with Crippen LogP contribution in [0.25, 0.3) is 0 Å². The summed E-state index contributed by atoms with van der Waals surface area (Å²) in [6, 6.07) is 0. The minimum absolute atomic E-state index is 0.181. The first-order valence-corrected chi connectivity index (χ1v) is 3.49. The molecule has 0 saturated heterocycles. The molecule has 0 heterocycles. The van der Waals surface area contributed by atoms with Gasteiger partial charge in [-0.15, -0.1) is 0 Å². The minimum atomic E-state index is -0.359. The van der Waals surface area contributed by atoms with Crippen molar-refractivity contribution in [3.05, 3.63) is 35.2 Å². The molecule has 1 aliphatic rings. The standard InChI is InChI=1S/C8H8ClF/c1-6-2-4-7(9)8(10)5-3-6/h2-6H,1H3/t6-/m1/s1. The molecule has 0 fully saturated rings. The Bertz CT molecular complexity index is 191. The molecule has 1 atom stereocenters. The number of halogens is 2. The molecule has 1 aliphatic carbocycles. The summed E-state index contributed by atoms with van der Waals surface area (Å²) < 4.78 is 12.6. The van der Waals surface area contributed by atoms with Crippen LogP contribution in [-0.4, -0.2) is 0 Å². The van der Waals surface area contributed by atoms with Crippen LogP contribution in [0.3, 0.4) is 0 Å². The fraction of sp³-hybridized carbons (Fsp3) is 0.250. The second-order valence-electron chi connectivity index (χ2n) is 2.27. The molecule has 0 unspecified atom stereocenters. The molecule has 0 radical (unpaired) electrons. The van der Waals surface area contributed by atoms with Gasteiger partial charge in [-0.2, -0.15) is 0 Å². The molecule has 0 bridgehead atoms. The van der Waals surface area contributed by atoms with Crippen LogP contribution in [0.4, 0.5) is 4.39 Å². The Morgan fingerprint density at radius 3 is 2.70 bits per heavy atom. The Hall–Kier alpha value is -0.560. The first-order chi connectivity index (χ1) is 4.70. The van der Waals surface area contributed by atoms with E-state index in [1.165, 1.54) is 6.08 Å². The van der Waals surface area contributed by atoms with Gasteiger partial charge in [0.15, 0.2) is 0 Å². The topological polar surface area (TPSA) is 0 Å². The van der Waals surface area contributed by atoms with Crippen molar-refractivity contribution in [1.82, 2.24) is 0 Å². The van der Waals surface area contributed by atoms with Gasteiger partial charge in [-0.3, -0.25) is 0 Å². The quantitative estimate of drug-likeness (QED) is 0.508. The molecule has 0 amide bonds. The predicted octanol–water partition coefficient (Wildman–Crippen LogP) is 3.17. The summed E-state index contributed by atoms with van der Waals surface area (Å²) in [5.74, 6) is -0.0933. The first kappa shape index (κ1) is 7.55. The SMILES string of the molecule is C[C@H]1C=CC(F)=C(Cl)C=C1. The van der Waals surface area contributed by atoms with Crippen LogP contribution in [-0.2, 0) is 0 Å². The van der Waals surface area contributed by atoms with Gasteiger partial charge in [0.25, 0.3) is 0 Å². The van der Waals surface area contributed by atoms with Crippen LogP contribution in [0.5, 0.6) is 0 Å². The molecular formula is C8H8ClF. The van der Waals surface area contributed by atoms with Crippen molar-refractivity contribution in [2.45, 2.75) is 6.92 Å². The van der Waals surface area contributed by atoms with E-state index in [0.717, 1.165) is 0 Å². The number of allylic oxidation sites excluding steroid dienone is 6. The third kappa shape index (κ3) is 1.71. The van der Waals surface area contributed by atoms with Crippen molar-refractivity contribution in [3.8, 4) is 0 Å². The van der Waals surface area contributed by atoms with E-state index >= 15 is 0 Å². The van der Waals surface area contributed by atoms with Gasteiger partial charge in [-0.1, -0.05) is 30.7 Å². The summed E-state index contributed by atoms with van der Waals surface area (Å²) in [5, 5.41) is 0.181. The Morgan fingerprint density at radius 1 is 1.40 bits per heavy atom. The van der Waals surface area contributed by atoms with Gasteiger partial charge in [0.1, 0.15) is 5.83 Å². The maximum atomic E-state index is 12.6. The van der Waals surface area contributed by atoms with Crippen LogP contribution >= 0.6 is 11.6 Å². The third-order valence-corrected chi connectivity index (χ3v) is 1.63. The average molecular weight is 159 g/mol. The molecule has 0 aromatic heterocycles. The second kappa shape index (κ2) is 3.02. The fourth-order valence-electron chi connectivity index (χ4n) is 0.696. The summed E-state index contributed by atoms with van der Waals surface area (Å²) in [6.45, 7) is 1.97. The van der Waals surface area contributed by atoms with E-state index in [2.05, 4.69) is 0 Å². The molecular weight excluding hydrogens is 151 g/mol. The fourth-order valence-corrected chi connectivity index (χ4v) is 0.832. The van der Waals surface area contributed by atoms with E-state index in [4.69, 9.17) is 11.6 Å². The van der Waals surface area contributed by atoms with Gasteiger partial charge in [-0.05, 0) is 18.1 Å². The van der Waals surface area contributed by atoms with Crippen molar-refractivity contribution in [3.63, 3.8) is 0 Å². The summed E-state index contributed by atoms with van der Waals surface area (Å²) in [5.41, 5.74) is 0. The zero-order valence-electron chi connectivity index (χ0n) is 5.64. The molecule has 0 nitrogen and oxygen atoms in total. The largest absolute Gasteiger partial charge is 0.205 e. The molecule has 0 aromatic carbocycles.